The van der Waals surface area contributed by atoms with Crippen molar-refractivity contribution in [2.24, 2.45) is 0 Å². The van der Waals surface area contributed by atoms with Crippen molar-refractivity contribution < 1.29 is 4.79 Å². The van der Waals surface area contributed by atoms with Crippen LogP contribution in [0.4, 0.5) is 0 Å². The molecule has 0 aromatic heterocycles. The van der Waals surface area contributed by atoms with Crippen LogP contribution in [0.1, 0.15) is 22.3 Å². The summed E-state index contributed by atoms with van der Waals surface area (Å²) < 4.78 is 0.880. The van der Waals surface area contributed by atoms with Crippen LogP contribution in [0.25, 0.3) is 0 Å². The van der Waals surface area contributed by atoms with E-state index >= 15 is 0 Å². The van der Waals surface area contributed by atoms with E-state index < -0.39 is 0 Å². The molecule has 0 saturated heterocycles. The molecule has 0 aliphatic heterocycles. The number of rotatable bonds is 5. The van der Waals surface area contributed by atoms with Gasteiger partial charge in [-0.25, -0.2) is 0 Å². The predicted octanol–water partition coefficient (Wildman–Crippen LogP) is 2.44. The van der Waals surface area contributed by atoms with Gasteiger partial charge in [-0.1, -0.05) is 12.1 Å². The van der Waals surface area contributed by atoms with Crippen LogP contribution >= 0.6 is 15.9 Å². The quantitative estimate of drug-likeness (QED) is 0.847. The van der Waals surface area contributed by atoms with E-state index in [0.29, 0.717) is 12.1 Å². The van der Waals surface area contributed by atoms with E-state index in [0.717, 1.165) is 23.0 Å². The lowest BCUT2D eigenvalue weighted by atomic mass is 10.1. The van der Waals surface area contributed by atoms with Gasteiger partial charge >= 0.3 is 0 Å². The molecule has 0 saturated carbocycles. The van der Waals surface area contributed by atoms with Crippen LogP contribution in [0, 0.1) is 6.92 Å². The number of nitrogens with zero attached hydrogens (tertiary/aromatic N) is 1. The Bertz CT molecular complexity index is 391. The molecule has 0 unspecified atom stereocenters. The first-order chi connectivity index (χ1) is 8.02. The zero-order valence-corrected chi connectivity index (χ0v) is 12.2. The van der Waals surface area contributed by atoms with Gasteiger partial charge in [0, 0.05) is 11.0 Å². The van der Waals surface area contributed by atoms with Crippen molar-refractivity contribution in [3.8, 4) is 0 Å². The van der Waals surface area contributed by atoms with Crippen LogP contribution in [0.2, 0.25) is 0 Å². The minimum atomic E-state index is -0.0145. The maximum Gasteiger partial charge on any atom is 0.252 e. The normalized spacial score (nSPS) is 10.6. The summed E-state index contributed by atoms with van der Waals surface area (Å²) in [4.78, 5) is 14.0. The summed E-state index contributed by atoms with van der Waals surface area (Å²) in [6.07, 6.45) is 0.960. The molecular weight excluding hydrogens is 280 g/mol. The Morgan fingerprint density at radius 3 is 2.76 bits per heavy atom. The van der Waals surface area contributed by atoms with E-state index in [4.69, 9.17) is 0 Å². The van der Waals surface area contributed by atoms with Gasteiger partial charge in [0.15, 0.2) is 0 Å². The minimum absolute atomic E-state index is 0.0145. The number of aryl methyl sites for hydroxylation is 1. The SMILES string of the molecule is Cc1cccc(C(=O)NCCCN(C)C)c1Br. The fourth-order valence-electron chi connectivity index (χ4n) is 1.52. The Labute approximate surface area is 111 Å². The summed E-state index contributed by atoms with van der Waals surface area (Å²) in [5.74, 6) is -0.0145. The van der Waals surface area contributed by atoms with Crippen molar-refractivity contribution in [3.05, 3.63) is 33.8 Å². The highest BCUT2D eigenvalue weighted by atomic mass is 79.9. The molecule has 1 amide bonds. The number of halogens is 1. The lowest BCUT2D eigenvalue weighted by molar-refractivity contribution is 0.0951. The van der Waals surface area contributed by atoms with Gasteiger partial charge in [-0.05, 0) is 61.5 Å². The fourth-order valence-corrected chi connectivity index (χ4v) is 1.96. The fraction of sp³-hybridized carbons (Fsp3) is 0.462. The summed E-state index contributed by atoms with van der Waals surface area (Å²) in [6, 6.07) is 5.71. The first kappa shape index (κ1) is 14.2. The largest absolute Gasteiger partial charge is 0.352 e. The number of hydrogen-bond acceptors (Lipinski definition) is 2. The molecule has 4 heteroatoms. The van der Waals surface area contributed by atoms with Crippen LogP contribution in [0.5, 0.6) is 0 Å². The summed E-state index contributed by atoms with van der Waals surface area (Å²) in [7, 11) is 4.05. The molecule has 0 fully saturated rings. The van der Waals surface area contributed by atoms with Crippen LogP contribution in [-0.4, -0.2) is 38.0 Å². The van der Waals surface area contributed by atoms with E-state index in [9.17, 15) is 4.79 Å². The Balaban J connectivity index is 2.50. The number of carbonyl (C=O) groups excluding carboxylic acids is 1. The second kappa shape index (κ2) is 6.77. The van der Waals surface area contributed by atoms with E-state index in [1.54, 1.807) is 0 Å². The van der Waals surface area contributed by atoms with Gasteiger partial charge < -0.3 is 10.2 Å². The van der Waals surface area contributed by atoms with Gasteiger partial charge in [0.2, 0.25) is 0 Å². The smallest absolute Gasteiger partial charge is 0.252 e. The highest BCUT2D eigenvalue weighted by Crippen LogP contribution is 2.20. The third kappa shape index (κ3) is 4.48. The molecule has 0 radical (unpaired) electrons. The zero-order valence-electron chi connectivity index (χ0n) is 10.6. The molecule has 17 heavy (non-hydrogen) atoms. The molecule has 0 aliphatic rings. The Kier molecular flexibility index (Phi) is 5.65. The Morgan fingerprint density at radius 1 is 1.41 bits per heavy atom. The van der Waals surface area contributed by atoms with Crippen molar-refractivity contribution in [2.75, 3.05) is 27.2 Å². The molecule has 0 aliphatic carbocycles. The van der Waals surface area contributed by atoms with E-state index in [1.165, 1.54) is 0 Å². The first-order valence-corrected chi connectivity index (χ1v) is 6.49. The third-order valence-electron chi connectivity index (χ3n) is 2.50. The molecule has 1 N–H and O–H groups in total. The highest BCUT2D eigenvalue weighted by molar-refractivity contribution is 9.10. The van der Waals surface area contributed by atoms with Gasteiger partial charge in [0.25, 0.3) is 5.91 Å². The summed E-state index contributed by atoms with van der Waals surface area (Å²) >= 11 is 3.44. The number of amides is 1. The molecule has 0 spiro atoms. The second-order valence-electron chi connectivity index (χ2n) is 4.35. The average Bonchev–Trinajstić information content (AvgIpc) is 2.27. The van der Waals surface area contributed by atoms with Crippen LogP contribution in [-0.2, 0) is 0 Å². The third-order valence-corrected chi connectivity index (χ3v) is 3.56. The molecule has 1 aromatic carbocycles. The van der Waals surface area contributed by atoms with Crippen LogP contribution in [0.15, 0.2) is 22.7 Å². The molecule has 0 atom stereocenters. The predicted molar refractivity (Wildman–Crippen MR) is 74.4 cm³/mol. The molecule has 3 nitrogen and oxygen atoms in total. The van der Waals surface area contributed by atoms with Crippen molar-refractivity contribution in [1.82, 2.24) is 10.2 Å². The summed E-state index contributed by atoms with van der Waals surface area (Å²) in [5.41, 5.74) is 1.78. The van der Waals surface area contributed by atoms with Crippen molar-refractivity contribution in [1.29, 1.82) is 0 Å². The monoisotopic (exact) mass is 298 g/mol. The second-order valence-corrected chi connectivity index (χ2v) is 5.14. The van der Waals surface area contributed by atoms with Gasteiger partial charge in [-0.3, -0.25) is 4.79 Å². The van der Waals surface area contributed by atoms with Gasteiger partial charge in [-0.2, -0.15) is 0 Å². The summed E-state index contributed by atoms with van der Waals surface area (Å²) in [5, 5.41) is 2.93. The molecular formula is C13H19BrN2O. The topological polar surface area (TPSA) is 32.3 Å². The molecule has 94 valence electrons. The van der Waals surface area contributed by atoms with Gasteiger partial charge in [-0.15, -0.1) is 0 Å². The van der Waals surface area contributed by atoms with E-state index in [2.05, 4.69) is 26.1 Å². The molecule has 0 bridgehead atoms. The lowest BCUT2D eigenvalue weighted by Gasteiger charge is -2.11. The first-order valence-electron chi connectivity index (χ1n) is 5.70. The molecule has 1 rings (SSSR count). The number of carbonyl (C=O) groups is 1. The maximum atomic E-state index is 11.9. The lowest BCUT2D eigenvalue weighted by Crippen LogP contribution is -2.27. The number of hydrogen-bond donors (Lipinski definition) is 1. The van der Waals surface area contributed by atoms with Crippen LogP contribution < -0.4 is 5.32 Å². The standard InChI is InChI=1S/C13H19BrN2O/c1-10-6-4-7-11(12(10)14)13(17)15-8-5-9-16(2)3/h4,6-7H,5,8-9H2,1-3H3,(H,15,17). The number of benzene rings is 1. The van der Waals surface area contributed by atoms with Crippen molar-refractivity contribution in [2.45, 2.75) is 13.3 Å². The highest BCUT2D eigenvalue weighted by Gasteiger charge is 2.10. The van der Waals surface area contributed by atoms with Gasteiger partial charge in [0.1, 0.15) is 0 Å². The van der Waals surface area contributed by atoms with Gasteiger partial charge in [0.05, 0.1) is 5.56 Å². The average molecular weight is 299 g/mol. The Hall–Kier alpha value is -0.870. The maximum absolute atomic E-state index is 11.9. The van der Waals surface area contributed by atoms with E-state index in [1.807, 2.05) is 39.2 Å². The summed E-state index contributed by atoms with van der Waals surface area (Å²) in [6.45, 7) is 3.67. The van der Waals surface area contributed by atoms with E-state index in [-0.39, 0.29) is 5.91 Å². The molecule has 0 heterocycles. The minimum Gasteiger partial charge on any atom is -0.352 e. The van der Waals surface area contributed by atoms with Crippen molar-refractivity contribution >= 4 is 21.8 Å². The zero-order chi connectivity index (χ0) is 12.8. The Morgan fingerprint density at radius 2 is 2.12 bits per heavy atom. The molecule has 1 aromatic rings. The van der Waals surface area contributed by atoms with Crippen molar-refractivity contribution in [3.63, 3.8) is 0 Å². The number of nitrogens with one attached hydrogen (secondary N) is 1. The van der Waals surface area contributed by atoms with Crippen LogP contribution in [0.3, 0.4) is 0 Å².